The second-order valence-corrected chi connectivity index (χ2v) is 16.3. The zero-order valence-electron chi connectivity index (χ0n) is 30.5. The average molecular weight is 667 g/mol. The lowest BCUT2D eigenvalue weighted by atomic mass is 9.74. The Kier molecular flexibility index (Phi) is 7.88. The normalized spacial score (nSPS) is 13.6. The maximum atomic E-state index is 13.6. The molecular weight excluding hydrogens is 621 g/mol. The van der Waals surface area contributed by atoms with Gasteiger partial charge in [0.05, 0.1) is 0 Å². The second-order valence-electron chi connectivity index (χ2n) is 16.3. The molecule has 1 aromatic heterocycles. The van der Waals surface area contributed by atoms with Crippen LogP contribution in [0.1, 0.15) is 80.5 Å². The van der Waals surface area contributed by atoms with Crippen LogP contribution >= 0.6 is 0 Å². The first-order valence-corrected chi connectivity index (χ1v) is 18.1. The predicted molar refractivity (Wildman–Crippen MR) is 213 cm³/mol. The molecule has 0 saturated carbocycles. The van der Waals surface area contributed by atoms with Crippen LogP contribution in [0.2, 0.25) is 0 Å². The van der Waals surface area contributed by atoms with Gasteiger partial charge in [-0.2, -0.15) is 0 Å². The van der Waals surface area contributed by atoms with Crippen LogP contribution in [-0.2, 0) is 29.5 Å². The molecule has 1 aliphatic rings. The van der Waals surface area contributed by atoms with Gasteiger partial charge in [0.1, 0.15) is 5.60 Å². The third-order valence-electron chi connectivity index (χ3n) is 10.9. The third kappa shape index (κ3) is 5.70. The van der Waals surface area contributed by atoms with Crippen LogP contribution < -0.4 is 4.90 Å². The number of anilines is 1. The standard InChI is InChI=1S/C48H46N2O/c1-46(2,3)35-17-21-37(22-18-35)48(51,38-23-19-36(20-24-38)47(4,5)6)43-29-34-31-50(39-25-27-49-28-26-39)30-33-16-15-32-11-7-8-12-40(32)44(33)45(34)42-14-10-9-13-41(42)43/h7-29,51H,30-31H2,1-6H3. The summed E-state index contributed by atoms with van der Waals surface area (Å²) in [6.45, 7) is 14.8. The number of nitrogens with zero attached hydrogens (tertiary/aromatic N) is 2. The number of pyridine rings is 1. The first-order chi connectivity index (χ1) is 24.4. The van der Waals surface area contributed by atoms with Gasteiger partial charge in [0, 0.05) is 36.7 Å². The third-order valence-corrected chi connectivity index (χ3v) is 10.9. The number of benzene rings is 6. The van der Waals surface area contributed by atoms with Crippen LogP contribution in [-0.4, -0.2) is 10.1 Å². The van der Waals surface area contributed by atoms with E-state index in [0.717, 1.165) is 39.7 Å². The quantitative estimate of drug-likeness (QED) is 0.190. The topological polar surface area (TPSA) is 36.4 Å². The first kappa shape index (κ1) is 32.9. The Balaban J connectivity index is 1.45. The molecule has 2 heterocycles. The Morgan fingerprint density at radius 2 is 1.00 bits per heavy atom. The van der Waals surface area contributed by atoms with Gasteiger partial charge in [-0.25, -0.2) is 0 Å². The number of hydrogen-bond donors (Lipinski definition) is 1. The molecule has 0 radical (unpaired) electrons. The van der Waals surface area contributed by atoms with E-state index in [1.165, 1.54) is 44.2 Å². The van der Waals surface area contributed by atoms with Gasteiger partial charge in [-0.15, -0.1) is 0 Å². The molecule has 0 fully saturated rings. The van der Waals surface area contributed by atoms with Gasteiger partial charge in [0.2, 0.25) is 0 Å². The SMILES string of the molecule is CC(C)(C)c1ccc(C(O)(c2ccc(C(C)(C)C)cc2)c2cc3c(c4ccccc24)-c2c(ccc4ccccc24)CN(c2ccncc2)C3)cc1. The van der Waals surface area contributed by atoms with Crippen molar-refractivity contribution in [3.63, 3.8) is 0 Å². The van der Waals surface area contributed by atoms with Gasteiger partial charge in [-0.05, 0) is 95.1 Å². The van der Waals surface area contributed by atoms with E-state index in [1.807, 2.05) is 12.4 Å². The van der Waals surface area contributed by atoms with Crippen molar-refractivity contribution in [2.45, 2.75) is 71.1 Å². The van der Waals surface area contributed by atoms with Crippen LogP contribution in [0.25, 0.3) is 32.7 Å². The minimum absolute atomic E-state index is 0.00560. The monoisotopic (exact) mass is 666 g/mol. The first-order valence-electron chi connectivity index (χ1n) is 18.1. The lowest BCUT2D eigenvalue weighted by molar-refractivity contribution is 0.127. The van der Waals surface area contributed by atoms with Crippen molar-refractivity contribution in [3.05, 3.63) is 179 Å². The fourth-order valence-electron chi connectivity index (χ4n) is 8.00. The van der Waals surface area contributed by atoms with E-state index in [0.29, 0.717) is 6.54 Å². The maximum absolute atomic E-state index is 13.6. The molecule has 0 amide bonds. The Bertz CT molecular complexity index is 2320. The molecular formula is C48H46N2O. The molecule has 1 N–H and O–H groups in total. The molecule has 3 heteroatoms. The molecule has 0 saturated heterocycles. The summed E-state index contributed by atoms with van der Waals surface area (Å²) >= 11 is 0. The van der Waals surface area contributed by atoms with Crippen LogP contribution in [0.5, 0.6) is 0 Å². The molecule has 0 unspecified atom stereocenters. The minimum atomic E-state index is -1.42. The summed E-state index contributed by atoms with van der Waals surface area (Å²) in [6.07, 6.45) is 3.74. The van der Waals surface area contributed by atoms with E-state index in [4.69, 9.17) is 0 Å². The Labute approximate surface area is 302 Å². The molecule has 254 valence electrons. The minimum Gasteiger partial charge on any atom is -0.376 e. The molecule has 0 aliphatic carbocycles. The summed E-state index contributed by atoms with van der Waals surface area (Å²) < 4.78 is 0. The summed E-state index contributed by atoms with van der Waals surface area (Å²) in [5, 5.41) is 18.3. The lowest BCUT2D eigenvalue weighted by Gasteiger charge is -2.34. The van der Waals surface area contributed by atoms with Crippen molar-refractivity contribution in [2.24, 2.45) is 0 Å². The number of hydrogen-bond acceptors (Lipinski definition) is 3. The van der Waals surface area contributed by atoms with E-state index in [2.05, 4.69) is 179 Å². The van der Waals surface area contributed by atoms with Crippen molar-refractivity contribution in [1.82, 2.24) is 4.98 Å². The van der Waals surface area contributed by atoms with Crippen molar-refractivity contribution in [1.29, 1.82) is 0 Å². The molecule has 0 spiro atoms. The molecule has 6 aromatic carbocycles. The van der Waals surface area contributed by atoms with Crippen molar-refractivity contribution < 1.29 is 5.11 Å². The number of fused-ring (bicyclic) bond motifs is 7. The summed E-state index contributed by atoms with van der Waals surface area (Å²) in [5.41, 5.74) is 9.75. The largest absolute Gasteiger partial charge is 0.376 e. The van der Waals surface area contributed by atoms with E-state index < -0.39 is 5.60 Å². The van der Waals surface area contributed by atoms with Crippen molar-refractivity contribution >= 4 is 27.2 Å². The summed E-state index contributed by atoms with van der Waals surface area (Å²) in [7, 11) is 0. The fraction of sp³-hybridized carbons (Fsp3) is 0.229. The van der Waals surface area contributed by atoms with Crippen molar-refractivity contribution in [2.75, 3.05) is 4.90 Å². The zero-order chi connectivity index (χ0) is 35.5. The van der Waals surface area contributed by atoms with Crippen LogP contribution in [0.4, 0.5) is 5.69 Å². The second kappa shape index (κ2) is 12.2. The van der Waals surface area contributed by atoms with E-state index in [1.54, 1.807) is 0 Å². The van der Waals surface area contributed by atoms with Crippen LogP contribution in [0.15, 0.2) is 140 Å². The number of aliphatic hydroxyl groups is 1. The summed E-state index contributed by atoms with van der Waals surface area (Å²) in [6, 6.07) is 45.7. The molecule has 7 aromatic rings. The van der Waals surface area contributed by atoms with E-state index in [-0.39, 0.29) is 10.8 Å². The Hall–Kier alpha value is -5.25. The molecule has 0 atom stereocenters. The lowest BCUT2D eigenvalue weighted by Crippen LogP contribution is -2.30. The molecule has 8 rings (SSSR count). The van der Waals surface area contributed by atoms with Gasteiger partial charge < -0.3 is 10.0 Å². The van der Waals surface area contributed by atoms with Crippen molar-refractivity contribution in [3.8, 4) is 11.1 Å². The summed E-state index contributed by atoms with van der Waals surface area (Å²) in [5.74, 6) is 0. The van der Waals surface area contributed by atoms with E-state index in [9.17, 15) is 5.11 Å². The highest BCUT2D eigenvalue weighted by molar-refractivity contribution is 6.09. The van der Waals surface area contributed by atoms with E-state index >= 15 is 0 Å². The van der Waals surface area contributed by atoms with Gasteiger partial charge in [-0.1, -0.05) is 151 Å². The van der Waals surface area contributed by atoms with Crippen LogP contribution in [0.3, 0.4) is 0 Å². The highest BCUT2D eigenvalue weighted by Gasteiger charge is 2.38. The summed E-state index contributed by atoms with van der Waals surface area (Å²) in [4.78, 5) is 6.77. The molecule has 51 heavy (non-hydrogen) atoms. The number of rotatable bonds is 4. The Morgan fingerprint density at radius 3 is 1.59 bits per heavy atom. The van der Waals surface area contributed by atoms with Gasteiger partial charge in [0.15, 0.2) is 0 Å². The smallest absolute Gasteiger partial charge is 0.141 e. The molecule has 3 nitrogen and oxygen atoms in total. The number of aromatic nitrogens is 1. The highest BCUT2D eigenvalue weighted by atomic mass is 16.3. The highest BCUT2D eigenvalue weighted by Crippen LogP contribution is 2.48. The fourth-order valence-corrected chi connectivity index (χ4v) is 8.00. The van der Waals surface area contributed by atoms with Gasteiger partial charge >= 0.3 is 0 Å². The predicted octanol–water partition coefficient (Wildman–Crippen LogP) is 11.5. The molecule has 0 bridgehead atoms. The molecule has 1 aliphatic heterocycles. The maximum Gasteiger partial charge on any atom is 0.141 e. The van der Waals surface area contributed by atoms with Crippen LogP contribution in [0, 0.1) is 0 Å². The Morgan fingerprint density at radius 1 is 0.510 bits per heavy atom. The average Bonchev–Trinajstić information content (AvgIpc) is 3.31. The van der Waals surface area contributed by atoms with Gasteiger partial charge in [-0.3, -0.25) is 4.98 Å². The van der Waals surface area contributed by atoms with Gasteiger partial charge in [0.25, 0.3) is 0 Å². The zero-order valence-corrected chi connectivity index (χ0v) is 30.5.